The fourth-order valence-corrected chi connectivity index (χ4v) is 5.49. The van der Waals surface area contributed by atoms with E-state index in [0.717, 1.165) is 35.8 Å². The van der Waals surface area contributed by atoms with E-state index in [1.54, 1.807) is 11.3 Å². The average Bonchev–Trinajstić information content (AvgIpc) is 3.30. The van der Waals surface area contributed by atoms with Gasteiger partial charge in [-0.05, 0) is 43.6 Å². The lowest BCUT2D eigenvalue weighted by Crippen LogP contribution is -2.14. The Kier molecular flexibility index (Phi) is 4.76. The number of anilines is 1. The zero-order valence-electron chi connectivity index (χ0n) is 14.9. The van der Waals surface area contributed by atoms with Crippen molar-refractivity contribution in [3.63, 3.8) is 0 Å². The molecule has 0 aromatic carbocycles. The lowest BCUT2D eigenvalue weighted by molar-refractivity contribution is -0.113. The van der Waals surface area contributed by atoms with E-state index in [4.69, 9.17) is 0 Å². The van der Waals surface area contributed by atoms with Crippen molar-refractivity contribution in [1.29, 1.82) is 5.26 Å². The van der Waals surface area contributed by atoms with Crippen LogP contribution >= 0.6 is 23.1 Å². The minimum Gasteiger partial charge on any atom is -0.316 e. The van der Waals surface area contributed by atoms with Crippen LogP contribution in [0.1, 0.15) is 53.9 Å². The van der Waals surface area contributed by atoms with E-state index in [1.165, 1.54) is 29.5 Å². The van der Waals surface area contributed by atoms with Crippen LogP contribution in [-0.2, 0) is 24.7 Å². The van der Waals surface area contributed by atoms with Crippen LogP contribution in [0.2, 0.25) is 0 Å². The summed E-state index contributed by atoms with van der Waals surface area (Å²) >= 11 is 2.95. The predicted octanol–water partition coefficient (Wildman–Crippen LogP) is 3.48. The van der Waals surface area contributed by atoms with Crippen molar-refractivity contribution in [2.75, 3.05) is 11.1 Å². The Labute approximate surface area is 161 Å². The van der Waals surface area contributed by atoms with Crippen LogP contribution in [0.3, 0.4) is 0 Å². The van der Waals surface area contributed by atoms with Gasteiger partial charge < -0.3 is 9.88 Å². The van der Waals surface area contributed by atoms with E-state index in [9.17, 15) is 10.1 Å². The lowest BCUT2D eigenvalue weighted by atomic mass is 9.89. The molecule has 2 aromatic heterocycles. The first kappa shape index (κ1) is 17.6. The van der Waals surface area contributed by atoms with Crippen LogP contribution in [0.4, 0.5) is 5.00 Å². The summed E-state index contributed by atoms with van der Waals surface area (Å²) < 4.78 is 1.99. The molecule has 0 aliphatic heterocycles. The molecule has 1 fully saturated rings. The third-order valence-electron chi connectivity index (χ3n) is 5.02. The molecule has 2 aliphatic carbocycles. The standard InChI is InChI=1S/C18H21N5OS2/c1-10-3-6-12-13(8-19)17(26-14(12)7-10)20-15(24)9-25-18-22-21-16(23(18)2)11-4-5-11/h10-11H,3-7,9H2,1-2H3,(H,20,24)/t10-/m1/s1. The second kappa shape index (κ2) is 7.05. The molecule has 136 valence electrons. The van der Waals surface area contributed by atoms with Crippen LogP contribution in [0.15, 0.2) is 5.16 Å². The molecular weight excluding hydrogens is 366 g/mol. The zero-order valence-corrected chi connectivity index (χ0v) is 16.5. The van der Waals surface area contributed by atoms with Crippen molar-refractivity contribution in [2.24, 2.45) is 13.0 Å². The van der Waals surface area contributed by atoms with Crippen LogP contribution < -0.4 is 5.32 Å². The van der Waals surface area contributed by atoms with Gasteiger partial charge in [0.2, 0.25) is 5.91 Å². The van der Waals surface area contributed by atoms with Gasteiger partial charge in [-0.3, -0.25) is 4.79 Å². The number of thioether (sulfide) groups is 1. The third-order valence-corrected chi connectivity index (χ3v) is 7.21. The van der Waals surface area contributed by atoms with Gasteiger partial charge >= 0.3 is 0 Å². The quantitative estimate of drug-likeness (QED) is 0.794. The summed E-state index contributed by atoms with van der Waals surface area (Å²) in [6.45, 7) is 2.24. The fraction of sp³-hybridized carbons (Fsp3) is 0.556. The van der Waals surface area contributed by atoms with Gasteiger partial charge in [-0.15, -0.1) is 21.5 Å². The van der Waals surface area contributed by atoms with Crippen LogP contribution in [0.25, 0.3) is 0 Å². The summed E-state index contributed by atoms with van der Waals surface area (Å²) in [5, 5.41) is 22.4. The second-order valence-electron chi connectivity index (χ2n) is 7.18. The average molecular weight is 388 g/mol. The first-order valence-corrected chi connectivity index (χ1v) is 10.7. The topological polar surface area (TPSA) is 83.6 Å². The fourth-order valence-electron chi connectivity index (χ4n) is 3.40. The summed E-state index contributed by atoms with van der Waals surface area (Å²) in [7, 11) is 1.95. The Morgan fingerprint density at radius 1 is 1.42 bits per heavy atom. The van der Waals surface area contributed by atoms with Gasteiger partial charge in [0.1, 0.15) is 16.9 Å². The molecule has 0 unspecified atom stereocenters. The number of amides is 1. The molecule has 0 bridgehead atoms. The van der Waals surface area contributed by atoms with Gasteiger partial charge in [0.15, 0.2) is 5.16 Å². The SMILES string of the molecule is C[C@@H]1CCc2c(sc(NC(=O)CSc3nnc(C4CC4)n3C)c2C#N)C1. The van der Waals surface area contributed by atoms with Crippen molar-refractivity contribution in [3.8, 4) is 6.07 Å². The number of rotatable bonds is 5. The summed E-state index contributed by atoms with van der Waals surface area (Å²) in [6.07, 6.45) is 5.40. The van der Waals surface area contributed by atoms with Crippen molar-refractivity contribution in [2.45, 2.75) is 50.1 Å². The summed E-state index contributed by atoms with van der Waals surface area (Å²) in [4.78, 5) is 13.7. The highest BCUT2D eigenvalue weighted by Crippen LogP contribution is 2.40. The summed E-state index contributed by atoms with van der Waals surface area (Å²) in [6, 6.07) is 2.29. The number of nitrogens with zero attached hydrogens (tertiary/aromatic N) is 4. The third kappa shape index (κ3) is 3.38. The maximum atomic E-state index is 12.4. The van der Waals surface area contributed by atoms with E-state index < -0.39 is 0 Å². The first-order chi connectivity index (χ1) is 12.6. The van der Waals surface area contributed by atoms with Gasteiger partial charge in [0, 0.05) is 17.8 Å². The number of nitriles is 1. The van der Waals surface area contributed by atoms with Gasteiger partial charge in [-0.1, -0.05) is 18.7 Å². The van der Waals surface area contributed by atoms with Crippen molar-refractivity contribution in [1.82, 2.24) is 14.8 Å². The Hall–Kier alpha value is -1.85. The number of nitrogens with one attached hydrogen (secondary N) is 1. The minimum absolute atomic E-state index is 0.103. The molecule has 2 aliphatic rings. The molecule has 4 rings (SSSR count). The number of hydrogen-bond donors (Lipinski definition) is 1. The van der Waals surface area contributed by atoms with E-state index in [-0.39, 0.29) is 11.7 Å². The molecular formula is C18H21N5OS2. The summed E-state index contributed by atoms with van der Waals surface area (Å²) in [5.74, 6) is 2.35. The predicted molar refractivity (Wildman–Crippen MR) is 103 cm³/mol. The minimum atomic E-state index is -0.103. The molecule has 2 heterocycles. The number of hydrogen-bond acceptors (Lipinski definition) is 6. The number of aromatic nitrogens is 3. The number of carbonyl (C=O) groups excluding carboxylic acids is 1. The van der Waals surface area contributed by atoms with Gasteiger partial charge in [-0.25, -0.2) is 0 Å². The number of carbonyl (C=O) groups is 1. The normalized spacial score (nSPS) is 19.0. The molecule has 0 radical (unpaired) electrons. The molecule has 0 saturated heterocycles. The second-order valence-corrected chi connectivity index (χ2v) is 9.23. The largest absolute Gasteiger partial charge is 0.316 e. The van der Waals surface area contributed by atoms with Crippen molar-refractivity contribution < 1.29 is 4.79 Å². The monoisotopic (exact) mass is 387 g/mol. The highest BCUT2D eigenvalue weighted by molar-refractivity contribution is 7.99. The Morgan fingerprint density at radius 3 is 2.96 bits per heavy atom. The molecule has 1 N–H and O–H groups in total. The molecule has 2 aromatic rings. The van der Waals surface area contributed by atoms with E-state index in [2.05, 4.69) is 28.5 Å². The van der Waals surface area contributed by atoms with Crippen LogP contribution in [0, 0.1) is 17.2 Å². The lowest BCUT2D eigenvalue weighted by Gasteiger charge is -2.17. The van der Waals surface area contributed by atoms with E-state index >= 15 is 0 Å². The maximum absolute atomic E-state index is 12.4. The van der Waals surface area contributed by atoms with Crippen LogP contribution in [0.5, 0.6) is 0 Å². The Bertz CT molecular complexity index is 890. The Balaban J connectivity index is 1.41. The van der Waals surface area contributed by atoms with E-state index in [0.29, 0.717) is 22.4 Å². The summed E-state index contributed by atoms with van der Waals surface area (Å²) in [5.41, 5.74) is 1.80. The molecule has 1 saturated carbocycles. The molecule has 1 atom stereocenters. The zero-order chi connectivity index (χ0) is 18.3. The van der Waals surface area contributed by atoms with Crippen LogP contribution in [-0.4, -0.2) is 26.4 Å². The maximum Gasteiger partial charge on any atom is 0.235 e. The molecule has 6 nitrogen and oxygen atoms in total. The van der Waals surface area contributed by atoms with Gasteiger partial charge in [0.25, 0.3) is 0 Å². The molecule has 8 heteroatoms. The number of fused-ring (bicyclic) bond motifs is 1. The van der Waals surface area contributed by atoms with Gasteiger partial charge in [0.05, 0.1) is 11.3 Å². The van der Waals surface area contributed by atoms with Crippen molar-refractivity contribution >= 4 is 34.0 Å². The molecule has 26 heavy (non-hydrogen) atoms. The van der Waals surface area contributed by atoms with E-state index in [1.807, 2.05) is 11.6 Å². The molecule has 0 spiro atoms. The highest BCUT2D eigenvalue weighted by Gasteiger charge is 2.29. The Morgan fingerprint density at radius 2 is 2.23 bits per heavy atom. The highest BCUT2D eigenvalue weighted by atomic mass is 32.2. The van der Waals surface area contributed by atoms with Crippen molar-refractivity contribution in [3.05, 3.63) is 21.8 Å². The molecule has 1 amide bonds. The first-order valence-electron chi connectivity index (χ1n) is 8.93. The number of thiophene rings is 1. The smallest absolute Gasteiger partial charge is 0.235 e. The van der Waals surface area contributed by atoms with Gasteiger partial charge in [-0.2, -0.15) is 5.26 Å².